The van der Waals surface area contributed by atoms with E-state index in [2.05, 4.69) is 4.72 Å². The van der Waals surface area contributed by atoms with Crippen LogP contribution in [0.2, 0.25) is 0 Å². The van der Waals surface area contributed by atoms with E-state index in [4.69, 9.17) is 5.11 Å². The van der Waals surface area contributed by atoms with Gasteiger partial charge in [0.25, 0.3) is 0 Å². The van der Waals surface area contributed by atoms with Crippen LogP contribution in [-0.4, -0.2) is 20.1 Å². The number of benzene rings is 1. The molecule has 0 aliphatic heterocycles. The van der Waals surface area contributed by atoms with E-state index in [0.717, 1.165) is 6.42 Å². The van der Waals surface area contributed by atoms with Gasteiger partial charge in [0.15, 0.2) is 0 Å². The Labute approximate surface area is 83.6 Å². The molecule has 1 aromatic carbocycles. The first-order valence-electron chi connectivity index (χ1n) is 4.35. The van der Waals surface area contributed by atoms with Gasteiger partial charge in [0.2, 0.25) is 10.0 Å². The average molecular weight is 215 g/mol. The minimum Gasteiger partial charge on any atom is -0.508 e. The highest BCUT2D eigenvalue weighted by molar-refractivity contribution is 7.89. The van der Waals surface area contributed by atoms with Gasteiger partial charge in [0.1, 0.15) is 5.75 Å². The van der Waals surface area contributed by atoms with Crippen molar-refractivity contribution in [1.29, 1.82) is 0 Å². The third kappa shape index (κ3) is 2.71. The van der Waals surface area contributed by atoms with E-state index < -0.39 is 10.0 Å². The van der Waals surface area contributed by atoms with Gasteiger partial charge in [-0.1, -0.05) is 13.0 Å². The number of hydrogen-bond acceptors (Lipinski definition) is 3. The summed E-state index contributed by atoms with van der Waals surface area (Å²) in [4.78, 5) is 0.0888. The maximum atomic E-state index is 11.5. The van der Waals surface area contributed by atoms with E-state index in [1.165, 1.54) is 24.3 Å². The van der Waals surface area contributed by atoms with Gasteiger partial charge in [-0.05, 0) is 24.6 Å². The summed E-state index contributed by atoms with van der Waals surface area (Å²) in [5.74, 6) is -0.0515. The van der Waals surface area contributed by atoms with Gasteiger partial charge >= 0.3 is 0 Å². The first-order chi connectivity index (χ1) is 6.56. The monoisotopic (exact) mass is 215 g/mol. The van der Waals surface area contributed by atoms with Gasteiger partial charge in [0, 0.05) is 6.54 Å². The van der Waals surface area contributed by atoms with Crippen molar-refractivity contribution >= 4 is 10.0 Å². The predicted octanol–water partition coefficient (Wildman–Crippen LogP) is 1.08. The van der Waals surface area contributed by atoms with Crippen molar-refractivity contribution in [3.8, 4) is 5.75 Å². The van der Waals surface area contributed by atoms with Crippen LogP contribution < -0.4 is 4.72 Å². The second kappa shape index (κ2) is 4.43. The molecule has 1 rings (SSSR count). The van der Waals surface area contributed by atoms with E-state index in [9.17, 15) is 8.42 Å². The van der Waals surface area contributed by atoms with Gasteiger partial charge in [-0.25, -0.2) is 13.1 Å². The zero-order valence-electron chi connectivity index (χ0n) is 7.90. The third-order valence-corrected chi connectivity index (χ3v) is 3.13. The molecule has 0 saturated carbocycles. The van der Waals surface area contributed by atoms with Crippen LogP contribution in [0.4, 0.5) is 0 Å². The highest BCUT2D eigenvalue weighted by Gasteiger charge is 2.12. The number of rotatable bonds is 4. The van der Waals surface area contributed by atoms with Gasteiger partial charge in [-0.3, -0.25) is 0 Å². The molecule has 0 radical (unpaired) electrons. The highest BCUT2D eigenvalue weighted by atomic mass is 32.2. The number of nitrogens with one attached hydrogen (secondary N) is 1. The predicted molar refractivity (Wildman–Crippen MR) is 53.6 cm³/mol. The Morgan fingerprint density at radius 1 is 1.43 bits per heavy atom. The maximum absolute atomic E-state index is 11.5. The quantitative estimate of drug-likeness (QED) is 0.789. The summed E-state index contributed by atoms with van der Waals surface area (Å²) in [5, 5.41) is 9.11. The van der Waals surface area contributed by atoms with Crippen molar-refractivity contribution < 1.29 is 13.5 Å². The molecule has 0 heterocycles. The summed E-state index contributed by atoms with van der Waals surface area (Å²) < 4.78 is 25.5. The number of aromatic hydroxyl groups is 1. The Balaban J connectivity index is 2.93. The first kappa shape index (κ1) is 11.0. The molecule has 0 spiro atoms. The molecule has 4 nitrogen and oxygen atoms in total. The lowest BCUT2D eigenvalue weighted by Gasteiger charge is -2.05. The Bertz CT molecular complexity index is 400. The molecule has 0 unspecified atom stereocenters. The molecule has 14 heavy (non-hydrogen) atoms. The van der Waals surface area contributed by atoms with Crippen molar-refractivity contribution in [2.24, 2.45) is 0 Å². The molecule has 2 N–H and O–H groups in total. The summed E-state index contributed by atoms with van der Waals surface area (Å²) in [6, 6.07) is 5.59. The molecule has 0 atom stereocenters. The lowest BCUT2D eigenvalue weighted by atomic mass is 10.3. The number of phenols is 1. The van der Waals surface area contributed by atoms with E-state index in [0.29, 0.717) is 6.54 Å². The van der Waals surface area contributed by atoms with Crippen molar-refractivity contribution in [2.45, 2.75) is 18.2 Å². The van der Waals surface area contributed by atoms with Crippen LogP contribution in [0.25, 0.3) is 0 Å². The lowest BCUT2D eigenvalue weighted by molar-refractivity contribution is 0.473. The van der Waals surface area contributed by atoms with Gasteiger partial charge < -0.3 is 5.11 Å². The van der Waals surface area contributed by atoms with Gasteiger partial charge in [-0.2, -0.15) is 0 Å². The zero-order valence-corrected chi connectivity index (χ0v) is 8.71. The zero-order chi connectivity index (χ0) is 10.6. The number of phenolic OH excluding ortho intramolecular Hbond substituents is 1. The maximum Gasteiger partial charge on any atom is 0.240 e. The number of hydrogen-bond donors (Lipinski definition) is 2. The van der Waals surface area contributed by atoms with Crippen molar-refractivity contribution in [3.63, 3.8) is 0 Å². The molecular weight excluding hydrogens is 202 g/mol. The second-order valence-corrected chi connectivity index (χ2v) is 4.66. The molecule has 78 valence electrons. The molecule has 0 saturated heterocycles. The largest absolute Gasteiger partial charge is 0.508 e. The Hall–Kier alpha value is -1.07. The van der Waals surface area contributed by atoms with E-state index in [1.807, 2.05) is 6.92 Å². The summed E-state index contributed by atoms with van der Waals surface area (Å²) in [7, 11) is -3.45. The lowest BCUT2D eigenvalue weighted by Crippen LogP contribution is -2.24. The molecule has 0 aromatic heterocycles. The molecule has 0 aliphatic carbocycles. The third-order valence-electron chi connectivity index (χ3n) is 1.67. The van der Waals surface area contributed by atoms with Crippen LogP contribution in [0, 0.1) is 0 Å². The van der Waals surface area contributed by atoms with Crippen molar-refractivity contribution in [3.05, 3.63) is 24.3 Å². The second-order valence-electron chi connectivity index (χ2n) is 2.90. The Morgan fingerprint density at radius 3 is 2.71 bits per heavy atom. The molecule has 0 bridgehead atoms. The first-order valence-corrected chi connectivity index (χ1v) is 5.83. The molecule has 1 aromatic rings. The molecule has 5 heteroatoms. The topological polar surface area (TPSA) is 66.4 Å². The van der Waals surface area contributed by atoms with E-state index in [1.54, 1.807) is 0 Å². The fraction of sp³-hybridized carbons (Fsp3) is 0.333. The Kier molecular flexibility index (Phi) is 3.49. The van der Waals surface area contributed by atoms with Gasteiger partial charge in [-0.15, -0.1) is 0 Å². The van der Waals surface area contributed by atoms with E-state index in [-0.39, 0.29) is 10.6 Å². The molecule has 0 fully saturated rings. The average Bonchev–Trinajstić information content (AvgIpc) is 2.15. The fourth-order valence-electron chi connectivity index (χ4n) is 0.970. The van der Waals surface area contributed by atoms with Crippen LogP contribution >= 0.6 is 0 Å². The molecular formula is C9H13NO3S. The SMILES string of the molecule is CCCNS(=O)(=O)c1cccc(O)c1. The van der Waals surface area contributed by atoms with Crippen LogP contribution in [-0.2, 0) is 10.0 Å². The van der Waals surface area contributed by atoms with Crippen LogP contribution in [0.5, 0.6) is 5.75 Å². The van der Waals surface area contributed by atoms with Crippen LogP contribution in [0.3, 0.4) is 0 Å². The molecule has 0 amide bonds. The van der Waals surface area contributed by atoms with Gasteiger partial charge in [0.05, 0.1) is 4.90 Å². The highest BCUT2D eigenvalue weighted by Crippen LogP contribution is 2.15. The van der Waals surface area contributed by atoms with Crippen LogP contribution in [0.15, 0.2) is 29.2 Å². The smallest absolute Gasteiger partial charge is 0.240 e. The minimum absolute atomic E-state index is 0.0515. The standard InChI is InChI=1S/C9H13NO3S/c1-2-6-10-14(12,13)9-5-3-4-8(11)7-9/h3-5,7,10-11H,2,6H2,1H3. The summed E-state index contributed by atoms with van der Waals surface area (Å²) in [5.41, 5.74) is 0. The Morgan fingerprint density at radius 2 is 2.14 bits per heavy atom. The fourth-order valence-corrected chi connectivity index (χ4v) is 2.14. The van der Waals surface area contributed by atoms with Crippen molar-refractivity contribution in [2.75, 3.05) is 6.54 Å². The minimum atomic E-state index is -3.45. The van der Waals surface area contributed by atoms with Crippen LogP contribution in [0.1, 0.15) is 13.3 Å². The molecule has 0 aliphatic rings. The number of sulfonamides is 1. The van der Waals surface area contributed by atoms with E-state index >= 15 is 0 Å². The normalized spacial score (nSPS) is 11.5. The summed E-state index contributed by atoms with van der Waals surface area (Å²) >= 11 is 0. The summed E-state index contributed by atoms with van der Waals surface area (Å²) in [6.07, 6.45) is 0.734. The van der Waals surface area contributed by atoms with Crippen molar-refractivity contribution in [1.82, 2.24) is 4.72 Å². The summed E-state index contributed by atoms with van der Waals surface area (Å²) in [6.45, 7) is 2.28.